The molecule has 2 saturated heterocycles. The minimum atomic E-state index is -0.704. The lowest BCUT2D eigenvalue weighted by Gasteiger charge is -2.38. The van der Waals surface area contributed by atoms with Crippen molar-refractivity contribution < 1.29 is 9.90 Å². The van der Waals surface area contributed by atoms with Crippen LogP contribution in [0.15, 0.2) is 0 Å². The van der Waals surface area contributed by atoms with Gasteiger partial charge in [-0.1, -0.05) is 10.8 Å². The number of aliphatic carboxylic acids is 1. The first-order chi connectivity index (χ1) is 8.63. The molecule has 0 unspecified atom stereocenters. The van der Waals surface area contributed by atoms with Crippen molar-refractivity contribution in [1.82, 2.24) is 9.80 Å². The van der Waals surface area contributed by atoms with Gasteiger partial charge in [-0.05, 0) is 44.3 Å². The van der Waals surface area contributed by atoms with Crippen molar-refractivity contribution in [2.45, 2.75) is 19.3 Å². The third-order valence-electron chi connectivity index (χ3n) is 4.29. The lowest BCUT2D eigenvalue weighted by atomic mass is 9.78. The fourth-order valence-electron chi connectivity index (χ4n) is 3.17. The van der Waals surface area contributed by atoms with Gasteiger partial charge < -0.3 is 10.0 Å². The fraction of sp³-hybridized carbons (Fsp3) is 0.917. The Bertz CT molecular complexity index is 294. The maximum atomic E-state index is 10.7. The maximum absolute atomic E-state index is 10.7. The van der Waals surface area contributed by atoms with E-state index in [1.54, 1.807) is 10.8 Å². The first-order valence-corrected chi connectivity index (χ1v) is 8.60. The maximum Gasteiger partial charge on any atom is 0.317 e. The average Bonchev–Trinajstić information content (AvgIpc) is 2.73. The lowest BCUT2D eigenvalue weighted by molar-refractivity contribution is -0.138. The number of nitrogens with zero attached hydrogens (tertiary/aromatic N) is 2. The fourth-order valence-corrected chi connectivity index (χ4v) is 3.76. The van der Waals surface area contributed by atoms with E-state index >= 15 is 0 Å². The zero-order chi connectivity index (χ0) is 13.0. The zero-order valence-corrected chi connectivity index (χ0v) is 12.4. The van der Waals surface area contributed by atoms with E-state index in [-0.39, 0.29) is 6.54 Å². The summed E-state index contributed by atoms with van der Waals surface area (Å²) in [4.78, 5) is 15.3. The number of hydrogen-bond acceptors (Lipinski definition) is 5. The number of hydrogen-bond donors (Lipinski definition) is 2. The van der Waals surface area contributed by atoms with Crippen LogP contribution in [0.3, 0.4) is 0 Å². The molecule has 2 aliphatic heterocycles. The van der Waals surface area contributed by atoms with Crippen molar-refractivity contribution in [1.29, 1.82) is 0 Å². The van der Waals surface area contributed by atoms with Crippen LogP contribution in [0, 0.1) is 5.41 Å². The number of rotatable bonds is 5. The highest BCUT2D eigenvalue weighted by molar-refractivity contribution is 8.68. The van der Waals surface area contributed by atoms with E-state index in [0.29, 0.717) is 5.41 Å². The van der Waals surface area contributed by atoms with Crippen LogP contribution < -0.4 is 0 Å². The molecule has 0 bridgehead atoms. The van der Waals surface area contributed by atoms with Crippen LogP contribution in [-0.4, -0.2) is 65.9 Å². The molecule has 2 aliphatic rings. The summed E-state index contributed by atoms with van der Waals surface area (Å²) in [5.41, 5.74) is 0.469. The van der Waals surface area contributed by atoms with E-state index in [4.69, 9.17) is 5.11 Å². The number of thiol groups is 1. The van der Waals surface area contributed by atoms with Gasteiger partial charge in [0.05, 0.1) is 6.54 Å². The Hall–Kier alpha value is 0.0900. The molecule has 1 N–H and O–H groups in total. The molecule has 2 rings (SSSR count). The first-order valence-electron chi connectivity index (χ1n) is 6.56. The Balaban J connectivity index is 1.77. The van der Waals surface area contributed by atoms with E-state index < -0.39 is 5.97 Å². The lowest BCUT2D eigenvalue weighted by Crippen LogP contribution is -2.43. The van der Waals surface area contributed by atoms with Gasteiger partial charge in [-0.25, -0.2) is 0 Å². The van der Waals surface area contributed by atoms with Crippen LogP contribution in [0.1, 0.15) is 19.3 Å². The highest BCUT2D eigenvalue weighted by Crippen LogP contribution is 2.40. The van der Waals surface area contributed by atoms with Crippen molar-refractivity contribution in [3.63, 3.8) is 0 Å². The normalized spacial score (nSPS) is 24.7. The Morgan fingerprint density at radius 2 is 1.83 bits per heavy atom. The van der Waals surface area contributed by atoms with Gasteiger partial charge >= 0.3 is 5.97 Å². The molecule has 0 amide bonds. The van der Waals surface area contributed by atoms with Crippen LogP contribution in [0.5, 0.6) is 0 Å². The molecule has 1 spiro atoms. The van der Waals surface area contributed by atoms with Crippen molar-refractivity contribution >= 4 is 28.4 Å². The Kier molecular flexibility index (Phi) is 5.24. The molecule has 0 aromatic rings. The van der Waals surface area contributed by atoms with Crippen LogP contribution in [0.2, 0.25) is 0 Å². The summed E-state index contributed by atoms with van der Waals surface area (Å²) in [5.74, 6) is 0.384. The molecule has 2 fully saturated rings. The molecule has 18 heavy (non-hydrogen) atoms. The van der Waals surface area contributed by atoms with Crippen LogP contribution in [0.25, 0.3) is 0 Å². The molecule has 0 aromatic carbocycles. The molecule has 0 atom stereocenters. The SMILES string of the molecule is O=C(O)CN1CCC2(CC1)CCN(CCSS)C2. The quantitative estimate of drug-likeness (QED) is 0.592. The summed E-state index contributed by atoms with van der Waals surface area (Å²) >= 11 is 4.18. The van der Waals surface area contributed by atoms with Crippen LogP contribution in [0.4, 0.5) is 0 Å². The molecule has 0 saturated carbocycles. The second kappa shape index (κ2) is 6.50. The molecule has 2 heterocycles. The van der Waals surface area contributed by atoms with Crippen molar-refractivity contribution in [2.75, 3.05) is 45.0 Å². The van der Waals surface area contributed by atoms with Crippen molar-refractivity contribution in [3.8, 4) is 0 Å². The van der Waals surface area contributed by atoms with Gasteiger partial charge in [0.25, 0.3) is 0 Å². The van der Waals surface area contributed by atoms with Gasteiger partial charge in [0, 0.05) is 18.8 Å². The third-order valence-corrected chi connectivity index (χ3v) is 5.20. The van der Waals surface area contributed by atoms with Gasteiger partial charge in [-0.3, -0.25) is 9.69 Å². The van der Waals surface area contributed by atoms with Crippen LogP contribution in [-0.2, 0) is 4.79 Å². The van der Waals surface area contributed by atoms with Gasteiger partial charge in [0.15, 0.2) is 0 Å². The summed E-state index contributed by atoms with van der Waals surface area (Å²) < 4.78 is 0. The molecule has 0 aromatic heterocycles. The smallest absolute Gasteiger partial charge is 0.317 e. The van der Waals surface area contributed by atoms with E-state index in [1.165, 1.54) is 19.5 Å². The summed E-state index contributed by atoms with van der Waals surface area (Å²) in [7, 11) is 1.61. The second-order valence-corrected chi connectivity index (χ2v) is 6.97. The van der Waals surface area contributed by atoms with Gasteiger partial charge in [-0.2, -0.15) is 0 Å². The second-order valence-electron chi connectivity index (χ2n) is 5.53. The predicted octanol–water partition coefficient (Wildman–Crippen LogP) is 1.44. The van der Waals surface area contributed by atoms with E-state index in [2.05, 4.69) is 21.5 Å². The number of carboxylic acids is 1. The molecule has 104 valence electrons. The Morgan fingerprint density at radius 1 is 1.22 bits per heavy atom. The van der Waals surface area contributed by atoms with Gasteiger partial charge in [-0.15, -0.1) is 11.7 Å². The standard InChI is InChI=1S/C12H22N2O2S2/c15-11(16)9-13-4-1-12(2-5-13)3-6-14(10-12)7-8-18-17/h17H,1-10H2,(H,15,16). The summed E-state index contributed by atoms with van der Waals surface area (Å²) in [6.07, 6.45) is 3.60. The highest BCUT2D eigenvalue weighted by atomic mass is 33.1. The molecular formula is C12H22N2O2S2. The largest absolute Gasteiger partial charge is 0.480 e. The summed E-state index contributed by atoms with van der Waals surface area (Å²) in [5, 5.41) is 8.80. The van der Waals surface area contributed by atoms with Crippen molar-refractivity contribution in [3.05, 3.63) is 0 Å². The van der Waals surface area contributed by atoms with Crippen LogP contribution >= 0.6 is 22.5 Å². The topological polar surface area (TPSA) is 43.8 Å². The minimum absolute atomic E-state index is 0.204. The average molecular weight is 290 g/mol. The van der Waals surface area contributed by atoms with Gasteiger partial charge in [0.1, 0.15) is 0 Å². The van der Waals surface area contributed by atoms with Gasteiger partial charge in [0.2, 0.25) is 0 Å². The molecule has 4 nitrogen and oxygen atoms in total. The summed E-state index contributed by atoms with van der Waals surface area (Å²) in [6.45, 7) is 5.63. The molecular weight excluding hydrogens is 268 g/mol. The zero-order valence-electron chi connectivity index (χ0n) is 10.7. The number of carboxylic acid groups (broad SMARTS) is 1. The number of piperidine rings is 1. The number of likely N-dealkylation sites (tertiary alicyclic amines) is 2. The number of carbonyl (C=O) groups is 1. The molecule has 6 heteroatoms. The monoisotopic (exact) mass is 290 g/mol. The van der Waals surface area contributed by atoms with Crippen molar-refractivity contribution in [2.24, 2.45) is 5.41 Å². The minimum Gasteiger partial charge on any atom is -0.480 e. The molecule has 0 aliphatic carbocycles. The Labute approximate surface area is 118 Å². The molecule has 0 radical (unpaired) electrons. The third kappa shape index (κ3) is 3.79. The van der Waals surface area contributed by atoms with E-state index in [1.807, 2.05) is 0 Å². The first kappa shape index (κ1) is 14.5. The Morgan fingerprint density at radius 3 is 2.39 bits per heavy atom. The summed E-state index contributed by atoms with van der Waals surface area (Å²) in [6, 6.07) is 0. The van der Waals surface area contributed by atoms with E-state index in [0.717, 1.165) is 38.2 Å². The van der Waals surface area contributed by atoms with E-state index in [9.17, 15) is 4.79 Å². The predicted molar refractivity (Wildman–Crippen MR) is 78.2 cm³/mol. The highest BCUT2D eigenvalue weighted by Gasteiger charge is 2.40.